The Balaban J connectivity index is 2.31. The average Bonchev–Trinajstić information content (AvgIpc) is 2.79. The third-order valence-corrected chi connectivity index (χ3v) is 2.82. The predicted molar refractivity (Wildman–Crippen MR) is 66.0 cm³/mol. The first-order valence-electron chi connectivity index (χ1n) is 4.71. The van der Waals surface area contributed by atoms with Gasteiger partial charge in [0.2, 0.25) is 0 Å². The molecule has 2 N–H and O–H groups in total. The van der Waals surface area contributed by atoms with Gasteiger partial charge in [0.05, 0.1) is 5.56 Å². The number of hydrogen-bond donors (Lipinski definition) is 1. The van der Waals surface area contributed by atoms with E-state index in [9.17, 15) is 4.79 Å². The molecular weight excluding hydrogens is 220 g/mol. The summed E-state index contributed by atoms with van der Waals surface area (Å²) in [6.07, 6.45) is 6.93. The molecule has 0 aliphatic carbocycles. The van der Waals surface area contributed by atoms with Crippen molar-refractivity contribution in [3.63, 3.8) is 0 Å². The van der Waals surface area contributed by atoms with Crippen LogP contribution in [0.15, 0.2) is 35.3 Å². The van der Waals surface area contributed by atoms with E-state index >= 15 is 0 Å². The lowest BCUT2D eigenvalue weighted by atomic mass is 10.1. The largest absolute Gasteiger partial charge is 0.366 e. The van der Waals surface area contributed by atoms with Gasteiger partial charge in [0.25, 0.3) is 5.91 Å². The molecule has 0 radical (unpaired) electrons. The Hall–Kier alpha value is -1.94. The molecule has 4 heteroatoms. The Morgan fingerprint density at radius 2 is 2.25 bits per heavy atom. The molecule has 0 bridgehead atoms. The van der Waals surface area contributed by atoms with Crippen LogP contribution in [-0.4, -0.2) is 10.9 Å². The first kappa shape index (κ1) is 10.6. The molecule has 0 aliphatic heterocycles. The number of carbonyl (C=O) groups excluding carboxylic acids is 1. The molecule has 3 nitrogen and oxygen atoms in total. The van der Waals surface area contributed by atoms with Gasteiger partial charge >= 0.3 is 0 Å². The summed E-state index contributed by atoms with van der Waals surface area (Å²) in [5.41, 5.74) is 7.59. The molecule has 0 fully saturated rings. The normalized spacial score (nSPS) is 10.8. The second-order valence-electron chi connectivity index (χ2n) is 3.22. The molecule has 1 amide bonds. The van der Waals surface area contributed by atoms with E-state index in [0.29, 0.717) is 5.56 Å². The monoisotopic (exact) mass is 230 g/mol. The van der Waals surface area contributed by atoms with Crippen molar-refractivity contribution in [2.24, 2.45) is 5.73 Å². The highest BCUT2D eigenvalue weighted by molar-refractivity contribution is 7.08. The molecule has 2 aromatic heterocycles. The molecule has 16 heavy (non-hydrogen) atoms. The molecule has 0 atom stereocenters. The Labute approximate surface area is 97.3 Å². The van der Waals surface area contributed by atoms with Crippen LogP contribution >= 0.6 is 11.3 Å². The number of carbonyl (C=O) groups is 1. The van der Waals surface area contributed by atoms with Crippen molar-refractivity contribution in [2.45, 2.75) is 0 Å². The van der Waals surface area contributed by atoms with Crippen molar-refractivity contribution in [1.29, 1.82) is 0 Å². The van der Waals surface area contributed by atoms with E-state index in [-0.39, 0.29) is 0 Å². The molecule has 2 heterocycles. The molecule has 0 unspecified atom stereocenters. The quantitative estimate of drug-likeness (QED) is 0.880. The minimum Gasteiger partial charge on any atom is -0.366 e. The van der Waals surface area contributed by atoms with Crippen LogP contribution in [0.5, 0.6) is 0 Å². The Kier molecular flexibility index (Phi) is 3.12. The molecule has 2 rings (SSSR count). The van der Waals surface area contributed by atoms with E-state index in [2.05, 4.69) is 4.98 Å². The van der Waals surface area contributed by atoms with E-state index in [0.717, 1.165) is 11.1 Å². The van der Waals surface area contributed by atoms with Gasteiger partial charge in [0.1, 0.15) is 0 Å². The number of amides is 1. The number of pyridine rings is 1. The van der Waals surface area contributed by atoms with Crippen LogP contribution in [0.3, 0.4) is 0 Å². The number of hydrogen-bond acceptors (Lipinski definition) is 3. The van der Waals surface area contributed by atoms with Crippen LogP contribution in [0.2, 0.25) is 0 Å². The summed E-state index contributed by atoms with van der Waals surface area (Å²) >= 11 is 1.63. The maximum atomic E-state index is 11.1. The minimum atomic E-state index is -0.460. The van der Waals surface area contributed by atoms with Gasteiger partial charge in [-0.05, 0) is 34.0 Å². The first-order chi connectivity index (χ1) is 7.77. The Bertz CT molecular complexity index is 518. The van der Waals surface area contributed by atoms with Gasteiger partial charge in [-0.2, -0.15) is 11.3 Å². The summed E-state index contributed by atoms with van der Waals surface area (Å²) in [4.78, 5) is 15.0. The highest BCUT2D eigenvalue weighted by Gasteiger charge is 2.04. The lowest BCUT2D eigenvalue weighted by molar-refractivity contribution is 0.1000. The lowest BCUT2D eigenvalue weighted by Gasteiger charge is -1.99. The second-order valence-corrected chi connectivity index (χ2v) is 4.00. The van der Waals surface area contributed by atoms with Gasteiger partial charge in [-0.1, -0.05) is 12.2 Å². The molecule has 80 valence electrons. The topological polar surface area (TPSA) is 56.0 Å². The second kappa shape index (κ2) is 4.72. The lowest BCUT2D eigenvalue weighted by Crippen LogP contribution is -2.12. The van der Waals surface area contributed by atoms with E-state index in [4.69, 9.17) is 5.73 Å². The number of rotatable bonds is 3. The molecule has 0 saturated heterocycles. The highest BCUT2D eigenvalue weighted by Crippen LogP contribution is 2.13. The third kappa shape index (κ3) is 2.35. The summed E-state index contributed by atoms with van der Waals surface area (Å²) in [7, 11) is 0. The average molecular weight is 230 g/mol. The minimum absolute atomic E-state index is 0.439. The highest BCUT2D eigenvalue weighted by atomic mass is 32.1. The summed E-state index contributed by atoms with van der Waals surface area (Å²) < 4.78 is 0. The maximum Gasteiger partial charge on any atom is 0.250 e. The number of nitrogens with two attached hydrogens (primary N) is 1. The van der Waals surface area contributed by atoms with E-state index in [1.165, 1.54) is 6.20 Å². The molecule has 0 aromatic carbocycles. The molecule has 0 spiro atoms. The van der Waals surface area contributed by atoms with Crippen LogP contribution in [0.1, 0.15) is 21.5 Å². The van der Waals surface area contributed by atoms with E-state index in [1.807, 2.05) is 29.0 Å². The van der Waals surface area contributed by atoms with Gasteiger partial charge in [-0.15, -0.1) is 0 Å². The van der Waals surface area contributed by atoms with Crippen molar-refractivity contribution in [3.05, 3.63) is 52.0 Å². The maximum absolute atomic E-state index is 11.1. The van der Waals surface area contributed by atoms with Crippen molar-refractivity contribution in [3.8, 4) is 0 Å². The van der Waals surface area contributed by atoms with Gasteiger partial charge in [-0.25, -0.2) is 0 Å². The fraction of sp³-hybridized carbons (Fsp3) is 0. The fourth-order valence-electron chi connectivity index (χ4n) is 1.31. The van der Waals surface area contributed by atoms with Gasteiger partial charge in [0, 0.05) is 12.4 Å². The number of aromatic nitrogens is 1. The smallest absolute Gasteiger partial charge is 0.250 e. The van der Waals surface area contributed by atoms with Crippen molar-refractivity contribution < 1.29 is 4.79 Å². The fourth-order valence-corrected chi connectivity index (χ4v) is 1.94. The number of thiophene rings is 1. The SMILES string of the molecule is NC(=O)c1cnccc1/C=C/c1ccsc1. The van der Waals surface area contributed by atoms with Gasteiger partial charge < -0.3 is 5.73 Å². The van der Waals surface area contributed by atoms with E-state index < -0.39 is 5.91 Å². The molecular formula is C12H10N2OS. The Morgan fingerprint density at radius 1 is 1.38 bits per heavy atom. The van der Waals surface area contributed by atoms with Crippen molar-refractivity contribution in [1.82, 2.24) is 4.98 Å². The predicted octanol–water partition coefficient (Wildman–Crippen LogP) is 2.41. The van der Waals surface area contributed by atoms with Gasteiger partial charge in [-0.3, -0.25) is 9.78 Å². The van der Waals surface area contributed by atoms with Crippen LogP contribution in [-0.2, 0) is 0 Å². The zero-order valence-corrected chi connectivity index (χ0v) is 9.28. The number of nitrogens with zero attached hydrogens (tertiary/aromatic N) is 1. The summed E-state index contributed by atoms with van der Waals surface area (Å²) in [6, 6.07) is 3.77. The van der Waals surface area contributed by atoms with Crippen molar-refractivity contribution >= 4 is 29.4 Å². The van der Waals surface area contributed by atoms with Crippen LogP contribution < -0.4 is 5.73 Å². The molecule has 2 aromatic rings. The van der Waals surface area contributed by atoms with Crippen LogP contribution in [0.4, 0.5) is 0 Å². The van der Waals surface area contributed by atoms with E-state index in [1.54, 1.807) is 23.6 Å². The zero-order valence-electron chi connectivity index (χ0n) is 8.46. The third-order valence-electron chi connectivity index (χ3n) is 2.12. The van der Waals surface area contributed by atoms with Crippen LogP contribution in [0, 0.1) is 0 Å². The van der Waals surface area contributed by atoms with Gasteiger partial charge in [0.15, 0.2) is 0 Å². The molecule has 0 aliphatic rings. The molecule has 0 saturated carbocycles. The summed E-state index contributed by atoms with van der Waals surface area (Å²) in [6.45, 7) is 0. The van der Waals surface area contributed by atoms with Crippen molar-refractivity contribution in [2.75, 3.05) is 0 Å². The van der Waals surface area contributed by atoms with Crippen LogP contribution in [0.25, 0.3) is 12.2 Å². The summed E-state index contributed by atoms with van der Waals surface area (Å²) in [5, 5.41) is 4.03. The number of primary amides is 1. The summed E-state index contributed by atoms with van der Waals surface area (Å²) in [5.74, 6) is -0.460. The standard InChI is InChI=1S/C12H10N2OS/c13-12(15)11-7-14-5-3-10(11)2-1-9-4-6-16-8-9/h1-8H,(H2,13,15)/b2-1+. The Morgan fingerprint density at radius 3 is 2.94 bits per heavy atom. The zero-order chi connectivity index (χ0) is 11.4. The first-order valence-corrected chi connectivity index (χ1v) is 5.66.